The van der Waals surface area contributed by atoms with Crippen LogP contribution in [0.3, 0.4) is 0 Å². The normalized spacial score (nSPS) is 34.0. The average molecular weight is 492 g/mol. The molecule has 194 valence electrons. The molecule has 36 heavy (non-hydrogen) atoms. The van der Waals surface area contributed by atoms with Crippen molar-refractivity contribution >= 4 is 17.5 Å². The van der Waals surface area contributed by atoms with Crippen molar-refractivity contribution < 1.29 is 9.59 Å². The monoisotopic (exact) mass is 491 g/mol. The van der Waals surface area contributed by atoms with Crippen LogP contribution in [0.4, 0.5) is 0 Å². The summed E-state index contributed by atoms with van der Waals surface area (Å²) in [4.78, 5) is 33.5. The van der Waals surface area contributed by atoms with E-state index in [9.17, 15) is 9.59 Å². The van der Waals surface area contributed by atoms with Crippen LogP contribution in [0.1, 0.15) is 98.5 Å². The third-order valence-electron chi connectivity index (χ3n) is 10.0. The van der Waals surface area contributed by atoms with Crippen LogP contribution < -0.4 is 10.6 Å². The van der Waals surface area contributed by atoms with Crippen molar-refractivity contribution in [2.24, 2.45) is 17.3 Å². The first kappa shape index (κ1) is 24.0. The summed E-state index contributed by atoms with van der Waals surface area (Å²) in [6.45, 7) is 3.05. The lowest BCUT2D eigenvalue weighted by Crippen LogP contribution is -2.48. The van der Waals surface area contributed by atoms with Gasteiger partial charge in [-0.3, -0.25) is 14.0 Å². The summed E-state index contributed by atoms with van der Waals surface area (Å²) in [5.41, 5.74) is 1.81. The highest BCUT2D eigenvalue weighted by atomic mass is 16.2. The second-order valence-electron chi connectivity index (χ2n) is 12.3. The minimum atomic E-state index is -0.140. The van der Waals surface area contributed by atoms with Gasteiger partial charge in [-0.15, -0.1) is 0 Å². The number of nitrogens with zero attached hydrogens (tertiary/aromatic N) is 3. The molecule has 2 aliphatic carbocycles. The third-order valence-corrected chi connectivity index (χ3v) is 10.0. The minimum Gasteiger partial charge on any atom is -0.350 e. The van der Waals surface area contributed by atoms with Crippen LogP contribution in [0, 0.1) is 17.3 Å². The summed E-state index contributed by atoms with van der Waals surface area (Å²) < 4.78 is 1.78. The van der Waals surface area contributed by atoms with E-state index >= 15 is 0 Å². The summed E-state index contributed by atoms with van der Waals surface area (Å²) in [7, 11) is 2.21. The number of amides is 2. The summed E-state index contributed by atoms with van der Waals surface area (Å²) in [5, 5.41) is 6.51. The van der Waals surface area contributed by atoms with E-state index in [1.165, 1.54) is 57.8 Å². The molecule has 2 N–H and O–H groups in total. The number of hydrogen-bond donors (Lipinski definition) is 2. The van der Waals surface area contributed by atoms with Gasteiger partial charge in [-0.05, 0) is 87.8 Å². The summed E-state index contributed by atoms with van der Waals surface area (Å²) in [6, 6.07) is 6.89. The molecule has 2 aromatic rings. The zero-order valence-corrected chi connectivity index (χ0v) is 21.8. The van der Waals surface area contributed by atoms with Crippen molar-refractivity contribution in [2.75, 3.05) is 13.6 Å². The summed E-state index contributed by atoms with van der Waals surface area (Å²) in [5.74, 6) is 1.40. The smallest absolute Gasteiger partial charge is 0.271 e. The Bertz CT molecular complexity index is 1130. The summed E-state index contributed by atoms with van der Waals surface area (Å²) in [6.07, 6.45) is 15.1. The maximum atomic E-state index is 13.4. The van der Waals surface area contributed by atoms with E-state index in [0.717, 1.165) is 31.2 Å². The van der Waals surface area contributed by atoms with Gasteiger partial charge in [-0.2, -0.15) is 0 Å². The van der Waals surface area contributed by atoms with Crippen LogP contribution in [0.15, 0.2) is 24.4 Å². The lowest BCUT2D eigenvalue weighted by Gasteiger charge is -2.48. The molecular formula is C29H41N5O2. The van der Waals surface area contributed by atoms with Gasteiger partial charge in [0.15, 0.2) is 0 Å². The number of imidazole rings is 1. The van der Waals surface area contributed by atoms with Gasteiger partial charge in [0, 0.05) is 30.9 Å². The Morgan fingerprint density at radius 3 is 2.67 bits per heavy atom. The van der Waals surface area contributed by atoms with Gasteiger partial charge in [-0.1, -0.05) is 32.3 Å². The number of carbonyl (C=O) groups is 2. The van der Waals surface area contributed by atoms with Gasteiger partial charge in [0.2, 0.25) is 0 Å². The van der Waals surface area contributed by atoms with Crippen LogP contribution in [0.25, 0.3) is 5.65 Å². The summed E-state index contributed by atoms with van der Waals surface area (Å²) >= 11 is 0. The molecule has 6 rings (SSSR count). The molecule has 2 saturated heterocycles. The predicted molar refractivity (Wildman–Crippen MR) is 140 cm³/mol. The molecule has 4 fully saturated rings. The van der Waals surface area contributed by atoms with Gasteiger partial charge < -0.3 is 15.5 Å². The van der Waals surface area contributed by atoms with Crippen molar-refractivity contribution in [3.8, 4) is 0 Å². The lowest BCUT2D eigenvalue weighted by atomic mass is 9.58. The molecule has 0 aromatic carbocycles. The highest BCUT2D eigenvalue weighted by molar-refractivity contribution is 5.95. The maximum Gasteiger partial charge on any atom is 0.271 e. The number of carbonyl (C=O) groups excluding carboxylic acids is 2. The molecule has 7 heteroatoms. The molecule has 5 atom stereocenters. The van der Waals surface area contributed by atoms with Gasteiger partial charge in [-0.25, -0.2) is 4.98 Å². The molecule has 2 saturated carbocycles. The Morgan fingerprint density at radius 1 is 1.08 bits per heavy atom. The largest absolute Gasteiger partial charge is 0.350 e. The third kappa shape index (κ3) is 4.44. The second kappa shape index (κ2) is 9.47. The van der Waals surface area contributed by atoms with Crippen molar-refractivity contribution in [3.05, 3.63) is 35.8 Å². The SMILES string of the molecule is CCC1CC2CCCC(CNC(=O)c3cccc4nc(C(=O)NC5CC6CCC(C5)N6C)cn34)(C1)C2. The Balaban J connectivity index is 1.14. The number of pyridine rings is 1. The van der Waals surface area contributed by atoms with Crippen LogP contribution >= 0.6 is 0 Å². The van der Waals surface area contributed by atoms with E-state index in [1.807, 2.05) is 18.2 Å². The molecule has 2 amide bonds. The Labute approximate surface area is 214 Å². The molecule has 0 radical (unpaired) electrons. The van der Waals surface area contributed by atoms with E-state index < -0.39 is 0 Å². The first-order valence-electron chi connectivity index (χ1n) is 14.2. The minimum absolute atomic E-state index is 0.0769. The topological polar surface area (TPSA) is 78.7 Å². The Hall–Kier alpha value is -2.41. The van der Waals surface area contributed by atoms with E-state index in [1.54, 1.807) is 10.6 Å². The molecule has 4 heterocycles. The van der Waals surface area contributed by atoms with Gasteiger partial charge >= 0.3 is 0 Å². The molecule has 2 aliphatic heterocycles. The maximum absolute atomic E-state index is 13.4. The standard InChI is InChI=1S/C29H41N5O2/c1-3-19-12-20-6-5-11-29(15-19,16-20)18-30-28(36)25-7-4-8-26-32-24(17-34(25)26)27(35)31-21-13-22-9-10-23(14-21)33(22)2/h4,7-8,17,19-23H,3,5-6,9-16,18H2,1-2H3,(H,30,36)(H,31,35). The first-order chi connectivity index (χ1) is 17.4. The highest BCUT2D eigenvalue weighted by Gasteiger charge is 2.43. The van der Waals surface area contributed by atoms with Crippen LogP contribution in [0.5, 0.6) is 0 Å². The fourth-order valence-corrected chi connectivity index (χ4v) is 8.13. The van der Waals surface area contributed by atoms with Crippen LogP contribution in [-0.4, -0.2) is 57.8 Å². The lowest BCUT2D eigenvalue weighted by molar-refractivity contribution is 0.0368. The number of piperidine rings is 1. The van der Waals surface area contributed by atoms with E-state index in [-0.39, 0.29) is 23.3 Å². The van der Waals surface area contributed by atoms with Crippen LogP contribution in [-0.2, 0) is 0 Å². The fraction of sp³-hybridized carbons (Fsp3) is 0.690. The van der Waals surface area contributed by atoms with Crippen molar-refractivity contribution in [3.63, 3.8) is 0 Å². The van der Waals surface area contributed by atoms with Gasteiger partial charge in [0.25, 0.3) is 11.8 Å². The Kier molecular flexibility index (Phi) is 6.30. The van der Waals surface area contributed by atoms with E-state index in [4.69, 9.17) is 0 Å². The molecule has 0 spiro atoms. The second-order valence-corrected chi connectivity index (χ2v) is 12.3. The fourth-order valence-electron chi connectivity index (χ4n) is 8.13. The number of nitrogens with one attached hydrogen (secondary N) is 2. The molecule has 7 nitrogen and oxygen atoms in total. The van der Waals surface area contributed by atoms with E-state index in [0.29, 0.717) is 29.1 Å². The van der Waals surface area contributed by atoms with Crippen molar-refractivity contribution in [2.45, 2.75) is 95.7 Å². The first-order valence-corrected chi connectivity index (χ1v) is 14.2. The van der Waals surface area contributed by atoms with Crippen molar-refractivity contribution in [1.29, 1.82) is 0 Å². The van der Waals surface area contributed by atoms with E-state index in [2.05, 4.69) is 34.5 Å². The molecule has 2 aromatic heterocycles. The Morgan fingerprint density at radius 2 is 1.89 bits per heavy atom. The van der Waals surface area contributed by atoms with Gasteiger partial charge in [0.1, 0.15) is 17.0 Å². The van der Waals surface area contributed by atoms with Gasteiger partial charge in [0.05, 0.1) is 0 Å². The number of rotatable bonds is 6. The number of aromatic nitrogens is 2. The number of fused-ring (bicyclic) bond motifs is 5. The molecule has 4 bridgehead atoms. The molecular weight excluding hydrogens is 450 g/mol. The predicted octanol–water partition coefficient (Wildman–Crippen LogP) is 4.42. The quantitative estimate of drug-likeness (QED) is 0.627. The zero-order chi connectivity index (χ0) is 24.9. The average Bonchev–Trinajstić information content (AvgIpc) is 3.39. The zero-order valence-electron chi connectivity index (χ0n) is 21.8. The van der Waals surface area contributed by atoms with Crippen LogP contribution in [0.2, 0.25) is 0 Å². The highest BCUT2D eigenvalue weighted by Crippen LogP contribution is 2.51. The number of hydrogen-bond acceptors (Lipinski definition) is 4. The van der Waals surface area contributed by atoms with Crippen molar-refractivity contribution in [1.82, 2.24) is 24.9 Å². The molecule has 5 unspecified atom stereocenters. The molecule has 4 aliphatic rings.